The lowest BCUT2D eigenvalue weighted by molar-refractivity contribution is 0.620. The molecule has 4 heteroatoms. The van der Waals surface area contributed by atoms with Gasteiger partial charge in [0.15, 0.2) is 5.58 Å². The van der Waals surface area contributed by atoms with Gasteiger partial charge in [-0.25, -0.2) is 4.98 Å². The lowest BCUT2D eigenvalue weighted by Crippen LogP contribution is -2.09. The Bertz CT molecular complexity index is 2840. The summed E-state index contributed by atoms with van der Waals surface area (Å²) >= 11 is 1.84. The highest BCUT2D eigenvalue weighted by molar-refractivity contribution is 7.25. The van der Waals surface area contributed by atoms with E-state index in [-0.39, 0.29) is 0 Å². The van der Waals surface area contributed by atoms with Crippen molar-refractivity contribution in [2.45, 2.75) is 0 Å². The second-order valence-corrected chi connectivity index (χ2v) is 13.9. The third-order valence-electron chi connectivity index (χ3n) is 9.71. The second kappa shape index (κ2) is 12.1. The molecule has 0 aliphatic rings. The van der Waals surface area contributed by atoms with Gasteiger partial charge >= 0.3 is 0 Å². The number of fused-ring (bicyclic) bond motifs is 6. The molecular formula is C47H30N2OS. The van der Waals surface area contributed by atoms with Crippen LogP contribution in [0.5, 0.6) is 0 Å². The molecule has 2 aromatic heterocycles. The predicted molar refractivity (Wildman–Crippen MR) is 215 cm³/mol. The molecule has 0 aliphatic heterocycles. The van der Waals surface area contributed by atoms with Crippen molar-refractivity contribution >= 4 is 70.4 Å². The molecule has 8 aromatic carbocycles. The van der Waals surface area contributed by atoms with Gasteiger partial charge in [-0.1, -0.05) is 115 Å². The molecule has 240 valence electrons. The van der Waals surface area contributed by atoms with Crippen molar-refractivity contribution in [3.8, 4) is 33.7 Å². The summed E-state index contributed by atoms with van der Waals surface area (Å²) in [4.78, 5) is 7.38. The molecule has 0 saturated heterocycles. The Morgan fingerprint density at radius 3 is 1.84 bits per heavy atom. The van der Waals surface area contributed by atoms with Crippen LogP contribution in [0.15, 0.2) is 186 Å². The van der Waals surface area contributed by atoms with Gasteiger partial charge in [0.05, 0.1) is 0 Å². The number of anilines is 3. The Balaban J connectivity index is 1.10. The molecule has 51 heavy (non-hydrogen) atoms. The maximum absolute atomic E-state index is 6.27. The highest BCUT2D eigenvalue weighted by Gasteiger charge is 2.18. The Kier molecular flexibility index (Phi) is 7.00. The molecule has 0 radical (unpaired) electrons. The van der Waals surface area contributed by atoms with Gasteiger partial charge in [-0.2, -0.15) is 0 Å². The van der Waals surface area contributed by atoms with E-state index in [9.17, 15) is 0 Å². The Morgan fingerprint density at radius 1 is 0.451 bits per heavy atom. The highest BCUT2D eigenvalue weighted by Crippen LogP contribution is 2.42. The second-order valence-electron chi connectivity index (χ2n) is 12.8. The van der Waals surface area contributed by atoms with Crippen LogP contribution in [0.25, 0.3) is 75.8 Å². The molecule has 0 saturated carbocycles. The van der Waals surface area contributed by atoms with Gasteiger partial charge in [-0.3, -0.25) is 0 Å². The van der Waals surface area contributed by atoms with Crippen LogP contribution in [-0.2, 0) is 0 Å². The largest absolute Gasteiger partial charge is 0.436 e. The maximum atomic E-state index is 6.27. The smallest absolute Gasteiger partial charge is 0.227 e. The quantitative estimate of drug-likeness (QED) is 0.176. The molecule has 0 amide bonds. The van der Waals surface area contributed by atoms with Crippen LogP contribution in [0.2, 0.25) is 0 Å². The Labute approximate surface area is 299 Å². The van der Waals surface area contributed by atoms with E-state index in [0.29, 0.717) is 5.89 Å². The maximum Gasteiger partial charge on any atom is 0.227 e. The van der Waals surface area contributed by atoms with Gasteiger partial charge in [0.1, 0.15) is 5.52 Å². The number of aromatic nitrogens is 1. The summed E-state index contributed by atoms with van der Waals surface area (Å²) in [7, 11) is 0. The summed E-state index contributed by atoms with van der Waals surface area (Å²) in [6.07, 6.45) is 0. The molecule has 0 bridgehead atoms. The summed E-state index contributed by atoms with van der Waals surface area (Å²) < 4.78 is 8.87. The van der Waals surface area contributed by atoms with Crippen molar-refractivity contribution in [3.05, 3.63) is 182 Å². The van der Waals surface area contributed by atoms with E-state index in [0.717, 1.165) is 55.6 Å². The first kappa shape index (κ1) is 29.4. The first-order chi connectivity index (χ1) is 25.3. The van der Waals surface area contributed by atoms with E-state index in [1.807, 2.05) is 47.7 Å². The van der Waals surface area contributed by atoms with Gasteiger partial charge in [-0.15, -0.1) is 11.3 Å². The summed E-state index contributed by atoms with van der Waals surface area (Å²) in [5.74, 6) is 0.632. The zero-order chi connectivity index (χ0) is 33.7. The number of nitrogens with zero attached hydrogens (tertiary/aromatic N) is 2. The molecular weight excluding hydrogens is 641 g/mol. The molecule has 3 nitrogen and oxygen atoms in total. The minimum Gasteiger partial charge on any atom is -0.436 e. The third kappa shape index (κ3) is 5.16. The van der Waals surface area contributed by atoms with Crippen LogP contribution in [0.4, 0.5) is 17.1 Å². The fourth-order valence-corrected chi connectivity index (χ4v) is 8.32. The number of hydrogen-bond acceptors (Lipinski definition) is 4. The first-order valence-electron chi connectivity index (χ1n) is 17.1. The normalized spacial score (nSPS) is 11.5. The van der Waals surface area contributed by atoms with Gasteiger partial charge in [-0.05, 0) is 94.4 Å². The van der Waals surface area contributed by atoms with Crippen LogP contribution >= 0.6 is 11.3 Å². The first-order valence-corrected chi connectivity index (χ1v) is 17.9. The molecule has 0 aliphatic carbocycles. The van der Waals surface area contributed by atoms with Crippen LogP contribution < -0.4 is 4.90 Å². The van der Waals surface area contributed by atoms with Crippen molar-refractivity contribution in [2.75, 3.05) is 4.90 Å². The zero-order valence-corrected chi connectivity index (χ0v) is 28.3. The number of benzene rings is 8. The zero-order valence-electron chi connectivity index (χ0n) is 27.5. The SMILES string of the molecule is c1ccc(-c2ccc(N(c3ccc(-c4cccc5ccc6oc(-c7ccccc7)nc6c45)cc3)c3ccc4sc5ccccc5c4c3)cc2)cc1. The van der Waals surface area contributed by atoms with Crippen molar-refractivity contribution in [3.63, 3.8) is 0 Å². The van der Waals surface area contributed by atoms with Crippen molar-refractivity contribution < 1.29 is 4.42 Å². The number of thiophene rings is 1. The standard InChI is InChI=1S/C47H30N2OS/c1-3-10-31(11-4-1)32-18-23-36(24-19-32)49(38-27-29-44-41(30-38)40-15-7-8-17-43(40)51-44)37-25-20-33(21-26-37)39-16-9-14-34-22-28-42-46(45(34)39)48-47(50-42)35-12-5-2-6-13-35/h1-30H. The number of rotatable bonds is 6. The number of oxazole rings is 1. The molecule has 0 N–H and O–H groups in total. The summed E-state index contributed by atoms with van der Waals surface area (Å²) in [6.45, 7) is 0. The van der Waals surface area contributed by atoms with Crippen LogP contribution in [0.3, 0.4) is 0 Å². The van der Waals surface area contributed by atoms with Crippen LogP contribution in [0.1, 0.15) is 0 Å². The van der Waals surface area contributed by atoms with E-state index in [2.05, 4.69) is 150 Å². The minimum atomic E-state index is 0.632. The van der Waals surface area contributed by atoms with E-state index in [1.165, 1.54) is 31.3 Å². The topological polar surface area (TPSA) is 29.3 Å². The molecule has 2 heterocycles. The monoisotopic (exact) mass is 670 g/mol. The summed E-state index contributed by atoms with van der Waals surface area (Å²) in [5.41, 5.74) is 10.6. The summed E-state index contributed by atoms with van der Waals surface area (Å²) in [5, 5.41) is 4.79. The minimum absolute atomic E-state index is 0.632. The average molecular weight is 671 g/mol. The number of hydrogen-bond donors (Lipinski definition) is 0. The lowest BCUT2D eigenvalue weighted by atomic mass is 9.97. The molecule has 0 atom stereocenters. The molecule has 10 aromatic rings. The van der Waals surface area contributed by atoms with Gasteiger partial charge in [0, 0.05) is 48.2 Å². The van der Waals surface area contributed by atoms with Crippen LogP contribution in [-0.4, -0.2) is 4.98 Å². The van der Waals surface area contributed by atoms with Crippen molar-refractivity contribution in [1.82, 2.24) is 4.98 Å². The van der Waals surface area contributed by atoms with Crippen molar-refractivity contribution in [1.29, 1.82) is 0 Å². The highest BCUT2D eigenvalue weighted by atomic mass is 32.1. The third-order valence-corrected chi connectivity index (χ3v) is 10.9. The predicted octanol–water partition coefficient (Wildman–Crippen LogP) is 13.8. The Morgan fingerprint density at radius 2 is 1.08 bits per heavy atom. The van der Waals surface area contributed by atoms with Gasteiger partial charge in [0.2, 0.25) is 5.89 Å². The fourth-order valence-electron chi connectivity index (χ4n) is 7.23. The average Bonchev–Trinajstić information content (AvgIpc) is 3.81. The van der Waals surface area contributed by atoms with Crippen LogP contribution in [0, 0.1) is 0 Å². The Hall–Kier alpha value is -6.49. The van der Waals surface area contributed by atoms with E-state index >= 15 is 0 Å². The molecule has 10 rings (SSSR count). The summed E-state index contributed by atoms with van der Waals surface area (Å²) in [6, 6.07) is 64.6. The van der Waals surface area contributed by atoms with Crippen molar-refractivity contribution in [2.24, 2.45) is 0 Å². The molecule has 0 spiro atoms. The van der Waals surface area contributed by atoms with E-state index in [1.54, 1.807) is 0 Å². The molecule has 0 fully saturated rings. The lowest BCUT2D eigenvalue weighted by Gasteiger charge is -2.26. The van der Waals surface area contributed by atoms with E-state index in [4.69, 9.17) is 9.40 Å². The fraction of sp³-hybridized carbons (Fsp3) is 0. The molecule has 0 unspecified atom stereocenters. The van der Waals surface area contributed by atoms with Gasteiger partial charge in [0.25, 0.3) is 0 Å². The van der Waals surface area contributed by atoms with Gasteiger partial charge < -0.3 is 9.32 Å². The van der Waals surface area contributed by atoms with E-state index < -0.39 is 0 Å².